The van der Waals surface area contributed by atoms with E-state index in [0.717, 1.165) is 5.01 Å². The Hall–Kier alpha value is -1.62. The van der Waals surface area contributed by atoms with Crippen LogP contribution < -0.4 is 0 Å². The summed E-state index contributed by atoms with van der Waals surface area (Å²) in [6.07, 6.45) is 1.53. The summed E-state index contributed by atoms with van der Waals surface area (Å²) in [6.45, 7) is 6.01. The summed E-state index contributed by atoms with van der Waals surface area (Å²) >= 11 is 1.37. The minimum Gasteiger partial charge on any atom is -0.476 e. The lowest BCUT2D eigenvalue weighted by Crippen LogP contribution is -2.11. The van der Waals surface area contributed by atoms with Gasteiger partial charge in [0.15, 0.2) is 5.69 Å². The second-order valence-electron chi connectivity index (χ2n) is 4.73. The molecule has 2 heterocycles. The van der Waals surface area contributed by atoms with Crippen LogP contribution in [0.1, 0.15) is 36.3 Å². The third kappa shape index (κ3) is 2.24. The number of rotatable bonds is 2. The molecule has 0 bridgehead atoms. The average Bonchev–Trinajstić information content (AvgIpc) is 2.85. The van der Waals surface area contributed by atoms with E-state index in [-0.39, 0.29) is 11.1 Å². The summed E-state index contributed by atoms with van der Waals surface area (Å²) in [5.74, 6) is -0.474. The Bertz CT molecular complexity index is 535. The molecule has 0 aliphatic heterocycles. The lowest BCUT2D eigenvalue weighted by molar-refractivity contribution is 0.0691. The van der Waals surface area contributed by atoms with Crippen LogP contribution in [0.5, 0.6) is 0 Å². The Kier molecular flexibility index (Phi) is 2.79. The zero-order valence-electron chi connectivity index (χ0n) is 9.85. The molecule has 0 aliphatic carbocycles. The minimum absolute atomic E-state index is 0.0647. The number of hydrogen-bond acceptors (Lipinski definition) is 4. The van der Waals surface area contributed by atoms with Gasteiger partial charge in [-0.15, -0.1) is 11.3 Å². The summed E-state index contributed by atoms with van der Waals surface area (Å²) in [7, 11) is 0. The topological polar surface area (TPSA) is 63.3 Å². The van der Waals surface area contributed by atoms with Gasteiger partial charge in [-0.25, -0.2) is 9.78 Å². The number of thiazole rings is 1. The van der Waals surface area contributed by atoms with Crippen LogP contribution in [0, 0.1) is 0 Å². The van der Waals surface area contributed by atoms with E-state index in [4.69, 9.17) is 9.52 Å². The van der Waals surface area contributed by atoms with Crippen LogP contribution >= 0.6 is 11.3 Å². The van der Waals surface area contributed by atoms with Gasteiger partial charge < -0.3 is 9.52 Å². The molecule has 0 fully saturated rings. The Labute approximate surface area is 103 Å². The molecule has 17 heavy (non-hydrogen) atoms. The van der Waals surface area contributed by atoms with Gasteiger partial charge in [0, 0.05) is 5.41 Å². The smallest absolute Gasteiger partial charge is 0.356 e. The van der Waals surface area contributed by atoms with Crippen LogP contribution in [0.2, 0.25) is 0 Å². The lowest BCUT2D eigenvalue weighted by atomic mass is 9.98. The molecule has 0 saturated heterocycles. The van der Waals surface area contributed by atoms with Crippen LogP contribution in [-0.4, -0.2) is 16.1 Å². The predicted molar refractivity (Wildman–Crippen MR) is 65.5 cm³/mol. The molecule has 4 nitrogen and oxygen atoms in total. The first-order valence-corrected chi connectivity index (χ1v) is 5.99. The van der Waals surface area contributed by atoms with Crippen molar-refractivity contribution in [3.63, 3.8) is 0 Å². The molecule has 0 radical (unpaired) electrons. The fourth-order valence-electron chi connectivity index (χ4n) is 1.36. The molecule has 0 aliphatic rings. The van der Waals surface area contributed by atoms with E-state index in [0.29, 0.717) is 10.6 Å². The largest absolute Gasteiger partial charge is 0.476 e. The van der Waals surface area contributed by atoms with Gasteiger partial charge in [-0.2, -0.15) is 0 Å². The van der Waals surface area contributed by atoms with Gasteiger partial charge in [-0.05, 0) is 12.1 Å². The molecule has 2 aromatic heterocycles. The van der Waals surface area contributed by atoms with Crippen molar-refractivity contribution in [2.75, 3.05) is 0 Å². The molecule has 0 unspecified atom stereocenters. The van der Waals surface area contributed by atoms with Gasteiger partial charge in [0.1, 0.15) is 10.6 Å². The van der Waals surface area contributed by atoms with Crippen LogP contribution in [0.4, 0.5) is 0 Å². The minimum atomic E-state index is -1.02. The quantitative estimate of drug-likeness (QED) is 0.888. The molecule has 0 atom stereocenters. The first-order chi connectivity index (χ1) is 7.89. The summed E-state index contributed by atoms with van der Waals surface area (Å²) in [4.78, 5) is 15.9. The van der Waals surface area contributed by atoms with Crippen molar-refractivity contribution in [1.29, 1.82) is 0 Å². The summed E-state index contributed by atoms with van der Waals surface area (Å²) in [5, 5.41) is 9.94. The number of nitrogens with zero attached hydrogens (tertiary/aromatic N) is 1. The van der Waals surface area contributed by atoms with Crippen molar-refractivity contribution < 1.29 is 14.3 Å². The van der Waals surface area contributed by atoms with E-state index >= 15 is 0 Å². The van der Waals surface area contributed by atoms with E-state index in [1.807, 2.05) is 20.8 Å². The first-order valence-electron chi connectivity index (χ1n) is 5.18. The number of hydrogen-bond donors (Lipinski definition) is 1. The highest BCUT2D eigenvalue weighted by Gasteiger charge is 2.26. The molecular formula is C12H13NO3S. The zero-order valence-corrected chi connectivity index (χ0v) is 10.7. The van der Waals surface area contributed by atoms with Crippen LogP contribution in [-0.2, 0) is 5.41 Å². The van der Waals surface area contributed by atoms with Crippen LogP contribution in [0.15, 0.2) is 22.8 Å². The fraction of sp³-hybridized carbons (Fsp3) is 0.333. The van der Waals surface area contributed by atoms with Crippen LogP contribution in [0.3, 0.4) is 0 Å². The molecular weight excluding hydrogens is 238 g/mol. The molecule has 0 aromatic carbocycles. The highest BCUT2D eigenvalue weighted by molar-refractivity contribution is 7.15. The molecule has 2 aromatic rings. The number of furan rings is 1. The maximum atomic E-state index is 11.2. The van der Waals surface area contributed by atoms with Crippen molar-refractivity contribution in [2.45, 2.75) is 26.2 Å². The second-order valence-corrected chi connectivity index (χ2v) is 5.73. The molecule has 1 N–H and O–H groups in total. The standard InChI is InChI=1S/C12H13NO3S/c1-12(2,3)11-13-8(10(14)15)9(17-11)7-5-4-6-16-7/h4-6H,1-3H3,(H,14,15). The summed E-state index contributed by atoms with van der Waals surface area (Å²) in [5.41, 5.74) is -0.102. The van der Waals surface area contributed by atoms with Gasteiger partial charge in [-0.3, -0.25) is 0 Å². The van der Waals surface area contributed by atoms with Gasteiger partial charge in [0.25, 0.3) is 0 Å². The SMILES string of the molecule is CC(C)(C)c1nc(C(=O)O)c(-c2ccco2)s1. The Morgan fingerprint density at radius 2 is 2.18 bits per heavy atom. The molecule has 0 amide bonds. The summed E-state index contributed by atoms with van der Waals surface area (Å²) in [6, 6.07) is 3.48. The van der Waals surface area contributed by atoms with Crippen molar-refractivity contribution in [3.05, 3.63) is 29.1 Å². The van der Waals surface area contributed by atoms with Gasteiger partial charge >= 0.3 is 5.97 Å². The van der Waals surface area contributed by atoms with Gasteiger partial charge in [0.2, 0.25) is 0 Å². The Morgan fingerprint density at radius 3 is 2.65 bits per heavy atom. The zero-order chi connectivity index (χ0) is 12.6. The van der Waals surface area contributed by atoms with E-state index in [1.165, 1.54) is 17.6 Å². The third-order valence-corrected chi connectivity index (χ3v) is 3.71. The number of carboxylic acids is 1. The summed E-state index contributed by atoms with van der Waals surface area (Å²) < 4.78 is 5.24. The number of carbonyl (C=O) groups is 1. The molecule has 90 valence electrons. The van der Waals surface area contributed by atoms with E-state index in [1.54, 1.807) is 12.1 Å². The Morgan fingerprint density at radius 1 is 1.47 bits per heavy atom. The lowest BCUT2D eigenvalue weighted by Gasteiger charge is -2.13. The van der Waals surface area contributed by atoms with Crippen LogP contribution in [0.25, 0.3) is 10.6 Å². The van der Waals surface area contributed by atoms with Crippen molar-refractivity contribution in [3.8, 4) is 10.6 Å². The molecule has 0 saturated carbocycles. The highest BCUT2D eigenvalue weighted by atomic mass is 32.1. The maximum absolute atomic E-state index is 11.2. The molecule has 2 rings (SSSR count). The number of aromatic nitrogens is 1. The normalized spacial score (nSPS) is 11.7. The third-order valence-electron chi connectivity index (χ3n) is 2.22. The molecule has 0 spiro atoms. The van der Waals surface area contributed by atoms with E-state index < -0.39 is 5.97 Å². The van der Waals surface area contributed by atoms with E-state index in [2.05, 4.69) is 4.98 Å². The number of aromatic carboxylic acids is 1. The van der Waals surface area contributed by atoms with Crippen molar-refractivity contribution in [1.82, 2.24) is 4.98 Å². The monoisotopic (exact) mass is 251 g/mol. The maximum Gasteiger partial charge on any atom is 0.356 e. The molecule has 5 heteroatoms. The van der Waals surface area contributed by atoms with Gasteiger partial charge in [-0.1, -0.05) is 20.8 Å². The average molecular weight is 251 g/mol. The first kappa shape index (κ1) is 11.9. The highest BCUT2D eigenvalue weighted by Crippen LogP contribution is 2.36. The van der Waals surface area contributed by atoms with Crippen molar-refractivity contribution in [2.24, 2.45) is 0 Å². The Balaban J connectivity index is 2.58. The predicted octanol–water partition coefficient (Wildman–Crippen LogP) is 3.40. The second kappa shape index (κ2) is 4.00. The van der Waals surface area contributed by atoms with E-state index in [9.17, 15) is 4.79 Å². The fourth-order valence-corrected chi connectivity index (χ4v) is 2.44. The van der Waals surface area contributed by atoms with Crippen molar-refractivity contribution >= 4 is 17.3 Å². The van der Waals surface area contributed by atoms with Gasteiger partial charge in [0.05, 0.1) is 11.3 Å². The number of carboxylic acid groups (broad SMARTS) is 1.